The summed E-state index contributed by atoms with van der Waals surface area (Å²) in [5.41, 5.74) is 0. The van der Waals surface area contributed by atoms with E-state index < -0.39 is 0 Å². The predicted octanol–water partition coefficient (Wildman–Crippen LogP) is 0.416. The second-order valence-corrected chi connectivity index (χ2v) is 4.03. The Labute approximate surface area is 96.4 Å². The van der Waals surface area contributed by atoms with Crippen LogP contribution in [0.3, 0.4) is 0 Å². The maximum absolute atomic E-state index is 11.7. The van der Waals surface area contributed by atoms with Crippen LogP contribution in [0, 0.1) is 5.92 Å². The first-order valence-corrected chi connectivity index (χ1v) is 5.46. The van der Waals surface area contributed by atoms with E-state index in [-0.39, 0.29) is 37.4 Å². The van der Waals surface area contributed by atoms with Gasteiger partial charge in [-0.1, -0.05) is 13.8 Å². The summed E-state index contributed by atoms with van der Waals surface area (Å²) in [5.74, 6) is -0.111. The molecule has 0 atom stereocenters. The van der Waals surface area contributed by atoms with Crippen LogP contribution in [0.25, 0.3) is 0 Å². The molecule has 0 rings (SSSR count). The van der Waals surface area contributed by atoms with E-state index in [2.05, 4.69) is 4.74 Å². The molecule has 0 aromatic rings. The minimum atomic E-state index is -0.347. The normalized spacial score (nSPS) is 10.3. The van der Waals surface area contributed by atoms with E-state index in [1.165, 1.54) is 12.0 Å². The Morgan fingerprint density at radius 1 is 1.31 bits per heavy atom. The highest BCUT2D eigenvalue weighted by atomic mass is 16.5. The number of hydrogen-bond donors (Lipinski definition) is 1. The quantitative estimate of drug-likeness (QED) is 0.645. The van der Waals surface area contributed by atoms with Gasteiger partial charge in [0.1, 0.15) is 0 Å². The SMILES string of the molecule is COC(=O)CCN(CCO)C(=O)CC(C)C. The lowest BCUT2D eigenvalue weighted by Gasteiger charge is -2.22. The summed E-state index contributed by atoms with van der Waals surface area (Å²) >= 11 is 0. The van der Waals surface area contributed by atoms with Gasteiger partial charge in [-0.15, -0.1) is 0 Å². The average molecular weight is 231 g/mol. The van der Waals surface area contributed by atoms with Gasteiger partial charge in [-0.2, -0.15) is 0 Å². The average Bonchev–Trinajstić information content (AvgIpc) is 2.22. The molecule has 0 aliphatic heterocycles. The van der Waals surface area contributed by atoms with E-state index in [0.717, 1.165) is 0 Å². The van der Waals surface area contributed by atoms with Crippen molar-refractivity contribution >= 4 is 11.9 Å². The molecule has 0 aliphatic carbocycles. The fourth-order valence-electron chi connectivity index (χ4n) is 1.29. The molecule has 0 saturated carbocycles. The van der Waals surface area contributed by atoms with Gasteiger partial charge in [-0.3, -0.25) is 9.59 Å². The summed E-state index contributed by atoms with van der Waals surface area (Å²) in [4.78, 5) is 24.1. The summed E-state index contributed by atoms with van der Waals surface area (Å²) < 4.78 is 4.50. The van der Waals surface area contributed by atoms with Gasteiger partial charge in [0.15, 0.2) is 0 Å². The molecule has 94 valence electrons. The van der Waals surface area contributed by atoms with Crippen molar-refractivity contribution in [1.82, 2.24) is 4.90 Å². The molecule has 0 saturated heterocycles. The summed E-state index contributed by atoms with van der Waals surface area (Å²) in [6.45, 7) is 4.39. The number of carbonyl (C=O) groups is 2. The number of esters is 1. The third kappa shape index (κ3) is 6.40. The lowest BCUT2D eigenvalue weighted by Crippen LogP contribution is -2.36. The van der Waals surface area contributed by atoms with Crippen molar-refractivity contribution in [3.8, 4) is 0 Å². The van der Waals surface area contributed by atoms with Crippen LogP contribution in [-0.2, 0) is 14.3 Å². The number of methoxy groups -OCH3 is 1. The van der Waals surface area contributed by atoms with Crippen molar-refractivity contribution in [2.24, 2.45) is 5.92 Å². The Hall–Kier alpha value is -1.10. The third-order valence-corrected chi connectivity index (χ3v) is 2.12. The van der Waals surface area contributed by atoms with E-state index >= 15 is 0 Å². The van der Waals surface area contributed by atoms with Crippen molar-refractivity contribution in [3.63, 3.8) is 0 Å². The zero-order chi connectivity index (χ0) is 12.6. The maximum atomic E-state index is 11.7. The maximum Gasteiger partial charge on any atom is 0.307 e. The monoisotopic (exact) mass is 231 g/mol. The number of hydrogen-bond acceptors (Lipinski definition) is 4. The van der Waals surface area contributed by atoms with Gasteiger partial charge >= 0.3 is 5.97 Å². The Bertz CT molecular complexity index is 228. The largest absolute Gasteiger partial charge is 0.469 e. The molecule has 0 spiro atoms. The van der Waals surface area contributed by atoms with Crippen LogP contribution >= 0.6 is 0 Å². The van der Waals surface area contributed by atoms with E-state index in [1.807, 2.05) is 13.8 Å². The van der Waals surface area contributed by atoms with Crippen LogP contribution in [0.15, 0.2) is 0 Å². The minimum absolute atomic E-state index is 0.0343. The van der Waals surface area contributed by atoms with Gasteiger partial charge in [0, 0.05) is 19.5 Å². The van der Waals surface area contributed by atoms with Crippen LogP contribution in [-0.4, -0.2) is 48.7 Å². The zero-order valence-electron chi connectivity index (χ0n) is 10.2. The van der Waals surface area contributed by atoms with Gasteiger partial charge < -0.3 is 14.7 Å². The summed E-state index contributed by atoms with van der Waals surface area (Å²) in [5, 5.41) is 8.83. The van der Waals surface area contributed by atoms with Gasteiger partial charge in [-0.25, -0.2) is 0 Å². The van der Waals surface area contributed by atoms with Gasteiger partial charge in [0.05, 0.1) is 20.1 Å². The van der Waals surface area contributed by atoms with E-state index in [1.54, 1.807) is 0 Å². The van der Waals surface area contributed by atoms with Crippen molar-refractivity contribution in [1.29, 1.82) is 0 Å². The van der Waals surface area contributed by atoms with Crippen molar-refractivity contribution in [3.05, 3.63) is 0 Å². The van der Waals surface area contributed by atoms with Crippen LogP contribution in [0.2, 0.25) is 0 Å². The van der Waals surface area contributed by atoms with Crippen molar-refractivity contribution in [2.75, 3.05) is 26.8 Å². The molecule has 5 heteroatoms. The minimum Gasteiger partial charge on any atom is -0.469 e. The van der Waals surface area contributed by atoms with Crippen LogP contribution in [0.5, 0.6) is 0 Å². The Kier molecular flexibility index (Phi) is 7.54. The molecular formula is C11H21NO4. The molecule has 0 aromatic carbocycles. The molecule has 16 heavy (non-hydrogen) atoms. The molecule has 5 nitrogen and oxygen atoms in total. The summed E-state index contributed by atoms with van der Waals surface area (Å²) in [6.07, 6.45) is 0.599. The smallest absolute Gasteiger partial charge is 0.307 e. The molecule has 0 heterocycles. The summed E-state index contributed by atoms with van der Waals surface area (Å²) in [6, 6.07) is 0. The highest BCUT2D eigenvalue weighted by Crippen LogP contribution is 2.05. The topological polar surface area (TPSA) is 66.8 Å². The van der Waals surface area contributed by atoms with Gasteiger partial charge in [0.25, 0.3) is 0 Å². The van der Waals surface area contributed by atoms with E-state index in [0.29, 0.717) is 13.0 Å². The molecule has 0 aromatic heterocycles. The predicted molar refractivity (Wildman–Crippen MR) is 59.8 cm³/mol. The number of carbonyl (C=O) groups excluding carboxylic acids is 2. The fourth-order valence-corrected chi connectivity index (χ4v) is 1.29. The second kappa shape index (κ2) is 8.10. The van der Waals surface area contributed by atoms with Crippen molar-refractivity contribution < 1.29 is 19.4 Å². The molecule has 0 bridgehead atoms. The van der Waals surface area contributed by atoms with Gasteiger partial charge in [-0.05, 0) is 5.92 Å². The second-order valence-electron chi connectivity index (χ2n) is 4.03. The van der Waals surface area contributed by atoms with Gasteiger partial charge in [0.2, 0.25) is 5.91 Å². The molecule has 0 radical (unpaired) electrons. The van der Waals surface area contributed by atoms with Crippen LogP contribution < -0.4 is 0 Å². The lowest BCUT2D eigenvalue weighted by molar-refractivity contribution is -0.142. The van der Waals surface area contributed by atoms with E-state index in [4.69, 9.17) is 5.11 Å². The zero-order valence-corrected chi connectivity index (χ0v) is 10.2. The highest BCUT2D eigenvalue weighted by Gasteiger charge is 2.15. The number of aliphatic hydroxyl groups is 1. The number of ether oxygens (including phenoxy) is 1. The number of aliphatic hydroxyl groups excluding tert-OH is 1. The standard InChI is InChI=1S/C11H21NO4/c1-9(2)8-10(14)12(6-7-13)5-4-11(15)16-3/h9,13H,4-8H2,1-3H3. The molecule has 1 amide bonds. The first-order chi connectivity index (χ1) is 7.51. The fraction of sp³-hybridized carbons (Fsp3) is 0.818. The van der Waals surface area contributed by atoms with Crippen LogP contribution in [0.1, 0.15) is 26.7 Å². The summed E-state index contributed by atoms with van der Waals surface area (Å²) in [7, 11) is 1.31. The Morgan fingerprint density at radius 3 is 2.38 bits per heavy atom. The number of rotatable bonds is 7. The lowest BCUT2D eigenvalue weighted by atomic mass is 10.1. The highest BCUT2D eigenvalue weighted by molar-refractivity contribution is 5.77. The van der Waals surface area contributed by atoms with E-state index in [9.17, 15) is 9.59 Å². The van der Waals surface area contributed by atoms with Crippen LogP contribution in [0.4, 0.5) is 0 Å². The Morgan fingerprint density at radius 2 is 1.94 bits per heavy atom. The Balaban J connectivity index is 4.14. The number of amides is 1. The first kappa shape index (κ1) is 14.9. The molecule has 0 aliphatic rings. The molecule has 0 fully saturated rings. The molecule has 0 unspecified atom stereocenters. The van der Waals surface area contributed by atoms with Crippen molar-refractivity contribution in [2.45, 2.75) is 26.7 Å². The first-order valence-electron chi connectivity index (χ1n) is 5.46. The third-order valence-electron chi connectivity index (χ3n) is 2.12. The molecular weight excluding hydrogens is 210 g/mol. The molecule has 1 N–H and O–H groups in total. The number of nitrogens with zero attached hydrogens (tertiary/aromatic N) is 1.